The van der Waals surface area contributed by atoms with Crippen molar-refractivity contribution in [3.8, 4) is 0 Å². The number of rotatable bonds is 5. The summed E-state index contributed by atoms with van der Waals surface area (Å²) in [5.74, 6) is 0.544. The molecule has 3 N–H and O–H groups in total. The van der Waals surface area contributed by atoms with Crippen LogP contribution in [0.4, 0.5) is 5.13 Å². The highest BCUT2D eigenvalue weighted by molar-refractivity contribution is 7.93. The van der Waals surface area contributed by atoms with Crippen LogP contribution in [0.25, 0.3) is 0 Å². The number of nitrogens with two attached hydrogens (primary N) is 1. The third-order valence-electron chi connectivity index (χ3n) is 4.34. The van der Waals surface area contributed by atoms with Crippen LogP contribution in [-0.2, 0) is 10.0 Å². The first-order valence-electron chi connectivity index (χ1n) is 8.08. The third-order valence-corrected chi connectivity index (χ3v) is 6.97. The summed E-state index contributed by atoms with van der Waals surface area (Å²) in [7, 11) is -3.65. The summed E-state index contributed by atoms with van der Waals surface area (Å²) in [5, 5.41) is 8.99. The molecule has 25 heavy (non-hydrogen) atoms. The van der Waals surface area contributed by atoms with Gasteiger partial charge in [-0.3, -0.25) is 4.72 Å². The maximum atomic E-state index is 12.5. The average Bonchev–Trinajstić information content (AvgIpc) is 3.16. The van der Waals surface area contributed by atoms with E-state index in [4.69, 9.17) is 5.73 Å². The molecule has 138 valence electrons. The molecule has 1 heterocycles. The number of sulfonamides is 1. The van der Waals surface area contributed by atoms with E-state index in [9.17, 15) is 8.42 Å². The number of nitrogens with zero attached hydrogens (tertiary/aromatic N) is 2. The van der Waals surface area contributed by atoms with Crippen LogP contribution in [0.15, 0.2) is 29.2 Å². The fraction of sp³-hybridized carbons (Fsp3) is 0.500. The first-order chi connectivity index (χ1) is 11.4. The van der Waals surface area contributed by atoms with Gasteiger partial charge in [0.25, 0.3) is 10.0 Å². The van der Waals surface area contributed by atoms with E-state index in [0.717, 1.165) is 29.8 Å². The normalized spacial score (nSPS) is 20.5. The van der Waals surface area contributed by atoms with E-state index in [0.29, 0.717) is 11.0 Å². The maximum absolute atomic E-state index is 12.5. The van der Waals surface area contributed by atoms with Crippen molar-refractivity contribution < 1.29 is 8.42 Å². The van der Waals surface area contributed by atoms with Gasteiger partial charge in [0.1, 0.15) is 5.01 Å². The molecule has 1 saturated carbocycles. The second-order valence-electron chi connectivity index (χ2n) is 6.48. The molecule has 0 saturated heterocycles. The molecular formula is C16H23ClN4O2S2. The van der Waals surface area contributed by atoms with Gasteiger partial charge in [0.15, 0.2) is 0 Å². The van der Waals surface area contributed by atoms with Gasteiger partial charge in [0.05, 0.1) is 4.90 Å². The monoisotopic (exact) mass is 402 g/mol. The van der Waals surface area contributed by atoms with Crippen molar-refractivity contribution in [2.24, 2.45) is 5.73 Å². The number of halogens is 1. The molecule has 2 atom stereocenters. The van der Waals surface area contributed by atoms with Gasteiger partial charge in [-0.2, -0.15) is 0 Å². The van der Waals surface area contributed by atoms with Gasteiger partial charge in [-0.15, -0.1) is 22.6 Å². The summed E-state index contributed by atoms with van der Waals surface area (Å²) >= 11 is 1.26. The maximum Gasteiger partial charge on any atom is 0.263 e. The van der Waals surface area contributed by atoms with Crippen LogP contribution in [0.2, 0.25) is 0 Å². The molecule has 0 amide bonds. The van der Waals surface area contributed by atoms with Gasteiger partial charge in [0, 0.05) is 12.0 Å². The van der Waals surface area contributed by atoms with Crippen molar-refractivity contribution in [1.82, 2.24) is 10.2 Å². The first kappa shape index (κ1) is 20.1. The largest absolute Gasteiger partial charge is 0.327 e. The summed E-state index contributed by atoms with van der Waals surface area (Å²) in [6, 6.07) is 7.16. The number of benzene rings is 1. The molecule has 1 aliphatic carbocycles. The predicted molar refractivity (Wildman–Crippen MR) is 103 cm³/mol. The molecule has 3 rings (SSSR count). The SMILES string of the molecule is CC(C)c1nnc(NS(=O)(=O)c2ccc([C@@H]3CCC[C@H]3N)cc2)s1.Cl. The predicted octanol–water partition coefficient (Wildman–Crippen LogP) is 3.48. The first-order valence-corrected chi connectivity index (χ1v) is 10.4. The summed E-state index contributed by atoms with van der Waals surface area (Å²) in [6.07, 6.45) is 3.22. The Balaban J connectivity index is 0.00000225. The molecule has 6 nitrogen and oxygen atoms in total. The molecule has 0 radical (unpaired) electrons. The molecule has 9 heteroatoms. The second kappa shape index (κ2) is 7.99. The molecule has 1 fully saturated rings. The Hall–Kier alpha value is -1.22. The van der Waals surface area contributed by atoms with E-state index >= 15 is 0 Å². The van der Waals surface area contributed by atoms with Crippen LogP contribution in [0, 0.1) is 0 Å². The van der Waals surface area contributed by atoms with Crippen molar-refractivity contribution >= 4 is 38.9 Å². The lowest BCUT2D eigenvalue weighted by Crippen LogP contribution is -2.22. The van der Waals surface area contributed by atoms with E-state index in [1.807, 2.05) is 26.0 Å². The van der Waals surface area contributed by atoms with Gasteiger partial charge in [0.2, 0.25) is 5.13 Å². The van der Waals surface area contributed by atoms with Crippen molar-refractivity contribution in [3.63, 3.8) is 0 Å². The lowest BCUT2D eigenvalue weighted by Gasteiger charge is -2.16. The Morgan fingerprint density at radius 2 is 1.88 bits per heavy atom. The topological polar surface area (TPSA) is 98.0 Å². The minimum absolute atomic E-state index is 0. The van der Waals surface area contributed by atoms with E-state index < -0.39 is 10.0 Å². The Bertz CT molecular complexity index is 806. The van der Waals surface area contributed by atoms with Crippen LogP contribution < -0.4 is 10.5 Å². The van der Waals surface area contributed by atoms with Crippen LogP contribution >= 0.6 is 23.7 Å². The molecular weight excluding hydrogens is 380 g/mol. The van der Waals surface area contributed by atoms with Gasteiger partial charge in [-0.25, -0.2) is 8.42 Å². The van der Waals surface area contributed by atoms with E-state index in [2.05, 4.69) is 14.9 Å². The zero-order valence-electron chi connectivity index (χ0n) is 14.2. The molecule has 0 aliphatic heterocycles. The van der Waals surface area contributed by atoms with E-state index in [1.54, 1.807) is 12.1 Å². The molecule has 1 aromatic carbocycles. The Labute approximate surface area is 158 Å². The van der Waals surface area contributed by atoms with Crippen molar-refractivity contribution in [2.45, 2.75) is 55.9 Å². The molecule has 0 bridgehead atoms. The molecule has 0 unspecified atom stereocenters. The highest BCUT2D eigenvalue weighted by atomic mass is 35.5. The van der Waals surface area contributed by atoms with Crippen LogP contribution in [0.5, 0.6) is 0 Å². The second-order valence-corrected chi connectivity index (χ2v) is 9.17. The fourth-order valence-corrected chi connectivity index (χ4v) is 4.96. The van der Waals surface area contributed by atoms with Gasteiger partial charge in [-0.05, 0) is 36.5 Å². The van der Waals surface area contributed by atoms with Crippen LogP contribution in [-0.4, -0.2) is 24.7 Å². The van der Waals surface area contributed by atoms with Crippen molar-refractivity contribution in [2.75, 3.05) is 4.72 Å². The fourth-order valence-electron chi connectivity index (χ4n) is 2.98. The standard InChI is InChI=1S/C16H22N4O2S2.ClH/c1-10(2)15-18-19-16(23-15)20-24(21,22)12-8-6-11(7-9-12)13-4-3-5-14(13)17;/h6-10,13-14H,3-5,17H2,1-2H3,(H,19,20);1H/t13-,14+;/m0./s1. The van der Waals surface area contributed by atoms with Crippen LogP contribution in [0.3, 0.4) is 0 Å². The summed E-state index contributed by atoms with van der Waals surface area (Å²) in [6.45, 7) is 3.98. The summed E-state index contributed by atoms with van der Waals surface area (Å²) in [4.78, 5) is 0.221. The van der Waals surface area contributed by atoms with Gasteiger partial charge in [-0.1, -0.05) is 43.7 Å². The lowest BCUT2D eigenvalue weighted by atomic mass is 9.95. The Morgan fingerprint density at radius 1 is 1.20 bits per heavy atom. The van der Waals surface area contributed by atoms with Gasteiger partial charge < -0.3 is 5.73 Å². The highest BCUT2D eigenvalue weighted by Crippen LogP contribution is 2.34. The molecule has 1 aliphatic rings. The Morgan fingerprint density at radius 3 is 2.40 bits per heavy atom. The number of anilines is 1. The van der Waals surface area contributed by atoms with Crippen molar-refractivity contribution in [3.05, 3.63) is 34.8 Å². The summed E-state index contributed by atoms with van der Waals surface area (Å²) < 4.78 is 27.5. The number of hydrogen-bond acceptors (Lipinski definition) is 6. The molecule has 2 aromatic rings. The molecule has 1 aromatic heterocycles. The minimum atomic E-state index is -3.65. The zero-order chi connectivity index (χ0) is 17.3. The van der Waals surface area contributed by atoms with Crippen molar-refractivity contribution in [1.29, 1.82) is 0 Å². The third kappa shape index (κ3) is 4.49. The quantitative estimate of drug-likeness (QED) is 0.797. The summed E-state index contributed by atoms with van der Waals surface area (Å²) in [5.41, 5.74) is 7.23. The molecule has 0 spiro atoms. The number of nitrogens with one attached hydrogen (secondary N) is 1. The van der Waals surface area contributed by atoms with Gasteiger partial charge >= 0.3 is 0 Å². The smallest absolute Gasteiger partial charge is 0.263 e. The van der Waals surface area contributed by atoms with E-state index in [1.165, 1.54) is 11.3 Å². The minimum Gasteiger partial charge on any atom is -0.327 e. The number of hydrogen-bond donors (Lipinski definition) is 2. The van der Waals surface area contributed by atoms with E-state index in [-0.39, 0.29) is 29.3 Å². The lowest BCUT2D eigenvalue weighted by molar-refractivity contribution is 0.600. The Kier molecular flexibility index (Phi) is 6.42. The average molecular weight is 403 g/mol. The zero-order valence-corrected chi connectivity index (χ0v) is 16.6. The highest BCUT2D eigenvalue weighted by Gasteiger charge is 2.26. The number of aromatic nitrogens is 2. The van der Waals surface area contributed by atoms with Crippen LogP contribution in [0.1, 0.15) is 55.5 Å².